The van der Waals surface area contributed by atoms with Gasteiger partial charge in [0, 0.05) is 37.3 Å². The standard InChI is InChI=1S/C36H45N5O5S/c1-40-20-18-31(19-21-40)46-36(43)39-35(37)30-11-7-10-28(22-30)25-41(24-27-8-3-2-4-9-27)34(42)23-26-14-16-29(17-15-26)32-12-5-6-13-33(32)47(38,44)45/h5-7,10-17,22,27,31H,2-4,8-9,18-21,23-25H2,1H3,(H2,37,39,43)(H2,38,44,45). The summed E-state index contributed by atoms with van der Waals surface area (Å²) in [5, 5.41) is 16.5. The lowest BCUT2D eigenvalue weighted by atomic mass is 9.88. The van der Waals surface area contributed by atoms with Crippen molar-refractivity contribution in [3.05, 3.63) is 89.5 Å². The molecular weight excluding hydrogens is 614 g/mol. The third kappa shape index (κ3) is 9.73. The Morgan fingerprint density at radius 2 is 1.64 bits per heavy atom. The zero-order valence-corrected chi connectivity index (χ0v) is 27.8. The molecule has 250 valence electrons. The normalized spacial score (nSPS) is 16.4. The second-order valence-electron chi connectivity index (χ2n) is 12.8. The Kier molecular flexibility index (Phi) is 11.4. The number of hydrogen-bond donors (Lipinski definition) is 3. The quantitative estimate of drug-likeness (QED) is 0.199. The lowest BCUT2D eigenvalue weighted by Gasteiger charge is -2.30. The molecule has 0 spiro atoms. The summed E-state index contributed by atoms with van der Waals surface area (Å²) in [6.07, 6.45) is 6.71. The largest absolute Gasteiger partial charge is 0.446 e. The van der Waals surface area contributed by atoms with Gasteiger partial charge >= 0.3 is 6.09 Å². The molecule has 1 aliphatic carbocycles. The van der Waals surface area contributed by atoms with Crippen molar-refractivity contribution in [1.82, 2.24) is 15.1 Å². The highest BCUT2D eigenvalue weighted by Crippen LogP contribution is 2.28. The third-order valence-corrected chi connectivity index (χ3v) is 10.1. The molecule has 4 N–H and O–H groups in total. The first-order valence-electron chi connectivity index (χ1n) is 16.4. The molecule has 5 rings (SSSR count). The number of primary sulfonamides is 1. The summed E-state index contributed by atoms with van der Waals surface area (Å²) in [6, 6.07) is 21.3. The van der Waals surface area contributed by atoms with E-state index in [0.29, 0.717) is 35.7 Å². The number of sulfonamides is 1. The third-order valence-electron chi connectivity index (χ3n) is 9.13. The van der Waals surface area contributed by atoms with E-state index in [4.69, 9.17) is 15.3 Å². The van der Waals surface area contributed by atoms with E-state index in [1.165, 1.54) is 25.3 Å². The lowest BCUT2D eigenvalue weighted by Crippen LogP contribution is -2.39. The van der Waals surface area contributed by atoms with Crippen LogP contribution in [0.5, 0.6) is 0 Å². The van der Waals surface area contributed by atoms with Gasteiger partial charge in [-0.1, -0.05) is 79.9 Å². The van der Waals surface area contributed by atoms with Crippen LogP contribution in [-0.4, -0.2) is 68.8 Å². The number of carbonyl (C=O) groups is 2. The molecule has 3 aromatic rings. The molecule has 10 nitrogen and oxygen atoms in total. The Hall–Kier alpha value is -4.06. The zero-order valence-electron chi connectivity index (χ0n) is 27.0. The van der Waals surface area contributed by atoms with Crippen LogP contribution in [0.2, 0.25) is 0 Å². The molecule has 1 saturated heterocycles. The van der Waals surface area contributed by atoms with Crippen LogP contribution in [0.4, 0.5) is 4.79 Å². The summed E-state index contributed by atoms with van der Waals surface area (Å²) in [4.78, 5) is 30.5. The fourth-order valence-electron chi connectivity index (χ4n) is 6.48. The number of piperidine rings is 1. The molecule has 0 radical (unpaired) electrons. The zero-order chi connectivity index (χ0) is 33.4. The van der Waals surface area contributed by atoms with Gasteiger partial charge in [-0.15, -0.1) is 0 Å². The monoisotopic (exact) mass is 659 g/mol. The molecule has 1 saturated carbocycles. The Bertz CT molecular complexity index is 1660. The number of benzene rings is 3. The smallest absolute Gasteiger partial charge is 0.413 e. The molecular formula is C36H45N5O5S. The summed E-state index contributed by atoms with van der Waals surface area (Å²) in [7, 11) is -1.85. The van der Waals surface area contributed by atoms with Crippen LogP contribution in [0.25, 0.3) is 11.1 Å². The molecule has 1 aliphatic heterocycles. The summed E-state index contributed by atoms with van der Waals surface area (Å²) in [6.45, 7) is 2.78. The van der Waals surface area contributed by atoms with E-state index < -0.39 is 16.1 Å². The molecule has 0 aromatic heterocycles. The van der Waals surface area contributed by atoms with Crippen molar-refractivity contribution in [2.24, 2.45) is 11.1 Å². The number of carbonyl (C=O) groups excluding carboxylic acids is 2. The fraction of sp³-hybridized carbons (Fsp3) is 0.417. The number of nitrogens with one attached hydrogen (secondary N) is 2. The minimum atomic E-state index is -3.89. The van der Waals surface area contributed by atoms with E-state index in [2.05, 4.69) is 10.2 Å². The number of nitrogens with two attached hydrogens (primary N) is 1. The SMILES string of the molecule is CN1CCC(OC(=O)NC(=N)c2cccc(CN(CC3CCCCC3)C(=O)Cc3ccc(-c4ccccc4S(N)(=O)=O)cc3)c2)CC1. The van der Waals surface area contributed by atoms with Gasteiger partial charge in [-0.25, -0.2) is 18.4 Å². The number of alkyl carbamates (subject to hydrolysis) is 1. The number of ether oxygens (including phenoxy) is 1. The average Bonchev–Trinajstić information content (AvgIpc) is 3.06. The van der Waals surface area contributed by atoms with Crippen LogP contribution in [0, 0.1) is 11.3 Å². The van der Waals surface area contributed by atoms with Crippen molar-refractivity contribution < 1.29 is 22.7 Å². The van der Waals surface area contributed by atoms with E-state index in [1.807, 2.05) is 54.4 Å². The number of amidine groups is 1. The van der Waals surface area contributed by atoms with Gasteiger partial charge in [-0.05, 0) is 67.5 Å². The summed E-state index contributed by atoms with van der Waals surface area (Å²) >= 11 is 0. The Morgan fingerprint density at radius 1 is 0.936 bits per heavy atom. The van der Waals surface area contributed by atoms with Crippen molar-refractivity contribution in [1.29, 1.82) is 5.41 Å². The van der Waals surface area contributed by atoms with Crippen molar-refractivity contribution >= 4 is 27.9 Å². The van der Waals surface area contributed by atoms with Gasteiger partial charge in [0.25, 0.3) is 0 Å². The van der Waals surface area contributed by atoms with Gasteiger partial charge < -0.3 is 14.5 Å². The van der Waals surface area contributed by atoms with Crippen molar-refractivity contribution in [2.45, 2.75) is 68.9 Å². The van der Waals surface area contributed by atoms with Gasteiger partial charge in [0.15, 0.2) is 0 Å². The number of rotatable bonds is 10. The first-order chi connectivity index (χ1) is 22.5. The highest BCUT2D eigenvalue weighted by Gasteiger charge is 2.23. The van der Waals surface area contributed by atoms with Crippen molar-refractivity contribution in [2.75, 3.05) is 26.7 Å². The number of amides is 2. The minimum absolute atomic E-state index is 0.00595. The highest BCUT2D eigenvalue weighted by atomic mass is 32.2. The van der Waals surface area contributed by atoms with E-state index in [9.17, 15) is 18.0 Å². The first-order valence-corrected chi connectivity index (χ1v) is 17.9. The minimum Gasteiger partial charge on any atom is -0.446 e. The van der Waals surface area contributed by atoms with E-state index in [-0.39, 0.29) is 29.2 Å². The highest BCUT2D eigenvalue weighted by molar-refractivity contribution is 7.89. The molecule has 0 atom stereocenters. The molecule has 2 aliphatic rings. The van der Waals surface area contributed by atoms with E-state index >= 15 is 0 Å². The number of likely N-dealkylation sites (tertiary alicyclic amines) is 1. The maximum absolute atomic E-state index is 13.8. The first kappa shape index (κ1) is 34.3. The number of hydrogen-bond acceptors (Lipinski definition) is 7. The van der Waals surface area contributed by atoms with E-state index in [1.54, 1.807) is 24.3 Å². The topological polar surface area (TPSA) is 146 Å². The van der Waals surface area contributed by atoms with Crippen LogP contribution >= 0.6 is 0 Å². The Labute approximate surface area is 277 Å². The molecule has 3 aromatic carbocycles. The van der Waals surface area contributed by atoms with Crippen LogP contribution in [0.3, 0.4) is 0 Å². The van der Waals surface area contributed by atoms with Crippen LogP contribution in [0.1, 0.15) is 61.6 Å². The maximum Gasteiger partial charge on any atom is 0.413 e. The fourth-order valence-corrected chi connectivity index (χ4v) is 7.24. The summed E-state index contributed by atoms with van der Waals surface area (Å²) in [5.74, 6) is 0.384. The molecule has 11 heteroatoms. The van der Waals surface area contributed by atoms with Crippen LogP contribution in [-0.2, 0) is 32.5 Å². The molecule has 0 unspecified atom stereocenters. The van der Waals surface area contributed by atoms with Gasteiger partial charge in [0.05, 0.1) is 11.3 Å². The molecule has 2 fully saturated rings. The van der Waals surface area contributed by atoms with Crippen molar-refractivity contribution in [3.63, 3.8) is 0 Å². The molecule has 2 amide bonds. The molecule has 0 bridgehead atoms. The lowest BCUT2D eigenvalue weighted by molar-refractivity contribution is -0.132. The van der Waals surface area contributed by atoms with Gasteiger partial charge in [-0.3, -0.25) is 15.5 Å². The molecule has 47 heavy (non-hydrogen) atoms. The van der Waals surface area contributed by atoms with E-state index in [0.717, 1.165) is 49.9 Å². The van der Waals surface area contributed by atoms with Crippen molar-refractivity contribution in [3.8, 4) is 11.1 Å². The van der Waals surface area contributed by atoms with Gasteiger partial charge in [0.2, 0.25) is 15.9 Å². The Balaban J connectivity index is 1.26. The maximum atomic E-state index is 13.8. The van der Waals surface area contributed by atoms with Gasteiger partial charge in [-0.2, -0.15) is 0 Å². The second-order valence-corrected chi connectivity index (χ2v) is 14.3. The Morgan fingerprint density at radius 3 is 2.34 bits per heavy atom. The second kappa shape index (κ2) is 15.7. The predicted molar refractivity (Wildman–Crippen MR) is 182 cm³/mol. The van der Waals surface area contributed by atoms with Crippen LogP contribution < -0.4 is 10.5 Å². The van der Waals surface area contributed by atoms with Crippen LogP contribution in [0.15, 0.2) is 77.7 Å². The summed E-state index contributed by atoms with van der Waals surface area (Å²) < 4.78 is 29.8. The summed E-state index contributed by atoms with van der Waals surface area (Å²) in [5.41, 5.74) is 3.46. The molecule has 1 heterocycles. The number of nitrogens with zero attached hydrogens (tertiary/aromatic N) is 2. The predicted octanol–water partition coefficient (Wildman–Crippen LogP) is 5.30. The van der Waals surface area contributed by atoms with Gasteiger partial charge in [0.1, 0.15) is 11.9 Å². The average molecular weight is 660 g/mol.